The summed E-state index contributed by atoms with van der Waals surface area (Å²) in [5.41, 5.74) is 0.993. The van der Waals surface area contributed by atoms with Crippen LogP contribution in [0.5, 0.6) is 5.75 Å². The Morgan fingerprint density at radius 2 is 2.24 bits per heavy atom. The SMILES string of the molecule is COc1ccc2c(CSc3nnnn3C)cc(=O)oc2c1. The fourth-order valence-corrected chi connectivity index (χ4v) is 2.78. The molecule has 108 valence electrons. The van der Waals surface area contributed by atoms with E-state index in [1.165, 1.54) is 17.8 Å². The molecule has 0 saturated carbocycles. The molecular formula is C13H12N4O3S. The van der Waals surface area contributed by atoms with Crippen LogP contribution in [0.4, 0.5) is 0 Å². The molecule has 3 rings (SSSR count). The molecule has 0 N–H and O–H groups in total. The molecule has 0 radical (unpaired) electrons. The van der Waals surface area contributed by atoms with Gasteiger partial charge in [0.05, 0.1) is 7.11 Å². The molecule has 3 aromatic rings. The van der Waals surface area contributed by atoms with E-state index in [1.54, 1.807) is 24.9 Å². The minimum absolute atomic E-state index is 0.387. The number of rotatable bonds is 4. The van der Waals surface area contributed by atoms with Gasteiger partial charge in [0.2, 0.25) is 5.16 Å². The molecular weight excluding hydrogens is 292 g/mol. The summed E-state index contributed by atoms with van der Waals surface area (Å²) in [7, 11) is 3.34. The van der Waals surface area contributed by atoms with Gasteiger partial charge in [-0.2, -0.15) is 0 Å². The lowest BCUT2D eigenvalue weighted by Gasteiger charge is -2.06. The van der Waals surface area contributed by atoms with Crippen LogP contribution in [0.15, 0.2) is 38.6 Å². The fourth-order valence-electron chi connectivity index (χ4n) is 1.94. The fraction of sp³-hybridized carbons (Fsp3) is 0.231. The van der Waals surface area contributed by atoms with Crippen LogP contribution < -0.4 is 10.4 Å². The van der Waals surface area contributed by atoms with E-state index in [0.29, 0.717) is 22.2 Å². The Morgan fingerprint density at radius 3 is 2.95 bits per heavy atom. The van der Waals surface area contributed by atoms with Gasteiger partial charge in [-0.25, -0.2) is 9.48 Å². The van der Waals surface area contributed by atoms with Crippen LogP contribution in [-0.4, -0.2) is 27.3 Å². The van der Waals surface area contributed by atoms with Gasteiger partial charge in [-0.3, -0.25) is 0 Å². The van der Waals surface area contributed by atoms with Crippen molar-refractivity contribution in [3.63, 3.8) is 0 Å². The maximum atomic E-state index is 11.7. The third-order valence-electron chi connectivity index (χ3n) is 2.98. The molecule has 0 aliphatic heterocycles. The van der Waals surface area contributed by atoms with Gasteiger partial charge in [-0.05, 0) is 28.1 Å². The number of thioether (sulfide) groups is 1. The molecule has 7 nitrogen and oxygen atoms in total. The molecule has 0 unspecified atom stereocenters. The summed E-state index contributed by atoms with van der Waals surface area (Å²) in [5.74, 6) is 1.22. The number of methoxy groups -OCH3 is 1. The lowest BCUT2D eigenvalue weighted by Crippen LogP contribution is -2.01. The van der Waals surface area contributed by atoms with Crippen molar-refractivity contribution in [3.8, 4) is 5.75 Å². The highest BCUT2D eigenvalue weighted by molar-refractivity contribution is 7.98. The van der Waals surface area contributed by atoms with E-state index in [-0.39, 0.29) is 5.63 Å². The Kier molecular flexibility index (Phi) is 3.61. The van der Waals surface area contributed by atoms with Crippen molar-refractivity contribution in [3.05, 3.63) is 40.2 Å². The van der Waals surface area contributed by atoms with Crippen molar-refractivity contribution < 1.29 is 9.15 Å². The van der Waals surface area contributed by atoms with Gasteiger partial charge >= 0.3 is 5.63 Å². The Labute approximate surface area is 123 Å². The van der Waals surface area contributed by atoms with Crippen LogP contribution in [0.2, 0.25) is 0 Å². The molecule has 0 saturated heterocycles. The van der Waals surface area contributed by atoms with Gasteiger partial charge < -0.3 is 9.15 Å². The molecule has 0 aliphatic rings. The van der Waals surface area contributed by atoms with E-state index >= 15 is 0 Å². The largest absolute Gasteiger partial charge is 0.497 e. The van der Waals surface area contributed by atoms with E-state index in [9.17, 15) is 4.79 Å². The molecule has 0 fully saturated rings. The average Bonchev–Trinajstić information content (AvgIpc) is 2.89. The van der Waals surface area contributed by atoms with E-state index in [1.807, 2.05) is 12.1 Å². The predicted molar refractivity (Wildman–Crippen MR) is 77.4 cm³/mol. The molecule has 0 atom stereocenters. The van der Waals surface area contributed by atoms with Gasteiger partial charge in [0, 0.05) is 30.3 Å². The molecule has 2 heterocycles. The summed E-state index contributed by atoms with van der Waals surface area (Å²) in [6.45, 7) is 0. The number of benzene rings is 1. The topological polar surface area (TPSA) is 83.0 Å². The summed E-state index contributed by atoms with van der Waals surface area (Å²) >= 11 is 1.46. The van der Waals surface area contributed by atoms with Gasteiger partial charge in [0.25, 0.3) is 0 Å². The Balaban J connectivity index is 1.97. The zero-order valence-corrected chi connectivity index (χ0v) is 12.3. The Morgan fingerprint density at radius 1 is 1.38 bits per heavy atom. The second kappa shape index (κ2) is 5.57. The number of tetrazole rings is 1. The minimum atomic E-state index is -0.387. The number of aromatic nitrogens is 4. The van der Waals surface area contributed by atoms with Crippen LogP contribution in [0.1, 0.15) is 5.56 Å². The van der Waals surface area contributed by atoms with Gasteiger partial charge in [-0.1, -0.05) is 11.8 Å². The Hall–Kier alpha value is -2.35. The first kappa shape index (κ1) is 13.6. The molecule has 0 spiro atoms. The number of ether oxygens (including phenoxy) is 1. The first-order valence-corrected chi connectivity index (χ1v) is 7.12. The molecule has 1 aromatic carbocycles. The van der Waals surface area contributed by atoms with Crippen LogP contribution in [0, 0.1) is 0 Å². The van der Waals surface area contributed by atoms with Crippen molar-refractivity contribution in [2.24, 2.45) is 7.05 Å². The molecule has 0 bridgehead atoms. The summed E-state index contributed by atoms with van der Waals surface area (Å²) in [4.78, 5) is 11.7. The first-order valence-electron chi connectivity index (χ1n) is 6.13. The van der Waals surface area contributed by atoms with Gasteiger partial charge in [-0.15, -0.1) is 5.10 Å². The Bertz CT molecular complexity index is 843. The highest BCUT2D eigenvalue weighted by atomic mass is 32.2. The zero-order chi connectivity index (χ0) is 14.8. The number of fused-ring (bicyclic) bond motifs is 1. The highest BCUT2D eigenvalue weighted by Crippen LogP contribution is 2.27. The third-order valence-corrected chi connectivity index (χ3v) is 4.03. The van der Waals surface area contributed by atoms with Crippen molar-refractivity contribution in [1.82, 2.24) is 20.2 Å². The maximum Gasteiger partial charge on any atom is 0.336 e. The van der Waals surface area contributed by atoms with Crippen molar-refractivity contribution >= 4 is 22.7 Å². The van der Waals surface area contributed by atoms with Crippen molar-refractivity contribution in [2.75, 3.05) is 7.11 Å². The zero-order valence-electron chi connectivity index (χ0n) is 11.4. The molecule has 0 aliphatic carbocycles. The first-order chi connectivity index (χ1) is 10.2. The van der Waals surface area contributed by atoms with E-state index < -0.39 is 0 Å². The molecule has 8 heteroatoms. The summed E-state index contributed by atoms with van der Waals surface area (Å²) in [5, 5.41) is 12.8. The van der Waals surface area contributed by atoms with Crippen molar-refractivity contribution in [1.29, 1.82) is 0 Å². The van der Waals surface area contributed by atoms with Gasteiger partial charge in [0.1, 0.15) is 11.3 Å². The van der Waals surface area contributed by atoms with Crippen LogP contribution in [0.25, 0.3) is 11.0 Å². The second-order valence-corrected chi connectivity index (χ2v) is 5.27. The summed E-state index contributed by atoms with van der Waals surface area (Å²) < 4.78 is 11.9. The lowest BCUT2D eigenvalue weighted by atomic mass is 10.1. The van der Waals surface area contributed by atoms with Crippen molar-refractivity contribution in [2.45, 2.75) is 10.9 Å². The predicted octanol–water partition coefficient (Wildman–Crippen LogP) is 1.62. The quantitative estimate of drug-likeness (QED) is 0.535. The van der Waals surface area contributed by atoms with Crippen LogP contribution >= 0.6 is 11.8 Å². The number of nitrogens with zero attached hydrogens (tertiary/aromatic N) is 4. The number of aryl methyl sites for hydroxylation is 1. The normalized spacial score (nSPS) is 11.0. The highest BCUT2D eigenvalue weighted by Gasteiger charge is 2.09. The van der Waals surface area contributed by atoms with E-state index in [4.69, 9.17) is 9.15 Å². The van der Waals surface area contributed by atoms with E-state index in [2.05, 4.69) is 15.5 Å². The standard InChI is InChI=1S/C13H12N4O3S/c1-17-13(14-15-16-17)21-7-8-5-12(18)20-11-6-9(19-2)3-4-10(8)11/h3-6H,7H2,1-2H3. The van der Waals surface area contributed by atoms with Crippen LogP contribution in [-0.2, 0) is 12.8 Å². The van der Waals surface area contributed by atoms with E-state index in [0.717, 1.165) is 10.9 Å². The minimum Gasteiger partial charge on any atom is -0.497 e. The molecule has 0 amide bonds. The third kappa shape index (κ3) is 2.75. The smallest absolute Gasteiger partial charge is 0.336 e. The monoisotopic (exact) mass is 304 g/mol. The second-order valence-electron chi connectivity index (χ2n) is 4.33. The molecule has 2 aromatic heterocycles. The van der Waals surface area contributed by atoms with Gasteiger partial charge in [0.15, 0.2) is 0 Å². The average molecular weight is 304 g/mol. The number of hydrogen-bond acceptors (Lipinski definition) is 7. The molecule has 21 heavy (non-hydrogen) atoms. The summed E-state index contributed by atoms with van der Waals surface area (Å²) in [6.07, 6.45) is 0. The van der Waals surface area contributed by atoms with Crippen LogP contribution in [0.3, 0.4) is 0 Å². The summed E-state index contributed by atoms with van der Waals surface area (Å²) in [6, 6.07) is 6.91. The number of hydrogen-bond donors (Lipinski definition) is 0. The maximum absolute atomic E-state index is 11.7. The lowest BCUT2D eigenvalue weighted by molar-refractivity contribution is 0.414.